The molecule has 0 aromatic carbocycles. The van der Waals surface area contributed by atoms with Gasteiger partial charge >= 0.3 is 7.12 Å². The van der Waals surface area contributed by atoms with Gasteiger partial charge in [0.1, 0.15) is 5.60 Å². The lowest BCUT2D eigenvalue weighted by atomic mass is 9.85. The Morgan fingerprint density at radius 2 is 2.27 bits per heavy atom. The Morgan fingerprint density at radius 1 is 1.64 bits per heavy atom. The third-order valence-electron chi connectivity index (χ3n) is 1.73. The summed E-state index contributed by atoms with van der Waals surface area (Å²) in [5.74, 6) is 0.698. The summed E-state index contributed by atoms with van der Waals surface area (Å²) in [4.78, 5) is 0. The molecule has 1 fully saturated rings. The topological polar surface area (TPSA) is 18.5 Å². The molecule has 1 heterocycles. The molecule has 3 heteroatoms. The van der Waals surface area contributed by atoms with Crippen LogP contribution in [0.4, 0.5) is 0 Å². The van der Waals surface area contributed by atoms with Gasteiger partial charge in [-0.05, 0) is 13.8 Å². The zero-order valence-electron chi connectivity index (χ0n) is 7.09. The minimum absolute atomic E-state index is 0.185. The van der Waals surface area contributed by atoms with E-state index in [1.807, 2.05) is 13.8 Å². The molecular weight excluding hydrogens is 139 g/mol. The van der Waals surface area contributed by atoms with Crippen molar-refractivity contribution in [3.63, 3.8) is 0 Å². The molecule has 0 aromatic heterocycles. The Hall–Kier alpha value is -0.695. The lowest BCUT2D eigenvalue weighted by Gasteiger charge is -2.15. The minimum Gasteiger partial charge on any atom is -0.537 e. The summed E-state index contributed by atoms with van der Waals surface area (Å²) in [6, 6.07) is 0. The first-order chi connectivity index (χ1) is 5.06. The van der Waals surface area contributed by atoms with E-state index in [1.165, 1.54) is 0 Å². The highest BCUT2D eigenvalue weighted by Crippen LogP contribution is 2.30. The van der Waals surface area contributed by atoms with Gasteiger partial charge in [-0.1, -0.05) is 12.7 Å². The molecule has 0 amide bonds. The van der Waals surface area contributed by atoms with Crippen LogP contribution in [-0.4, -0.2) is 12.7 Å². The smallest absolute Gasteiger partial charge is 0.529 e. The SMILES string of the molecule is C=CCB1OC(=C)C(C)(C)O1. The van der Waals surface area contributed by atoms with E-state index in [2.05, 4.69) is 13.2 Å². The van der Waals surface area contributed by atoms with Crippen molar-refractivity contribution in [2.75, 3.05) is 0 Å². The molecule has 0 radical (unpaired) electrons. The van der Waals surface area contributed by atoms with E-state index in [0.717, 1.165) is 0 Å². The van der Waals surface area contributed by atoms with Crippen LogP contribution in [0.3, 0.4) is 0 Å². The molecule has 1 aliphatic rings. The minimum atomic E-state index is -0.340. The Kier molecular flexibility index (Phi) is 2.09. The predicted molar refractivity (Wildman–Crippen MR) is 46.1 cm³/mol. The second-order valence-electron chi connectivity index (χ2n) is 3.12. The van der Waals surface area contributed by atoms with Crippen LogP contribution in [0.1, 0.15) is 13.8 Å². The average molecular weight is 152 g/mol. The van der Waals surface area contributed by atoms with Crippen molar-refractivity contribution in [2.24, 2.45) is 0 Å². The number of rotatable bonds is 2. The van der Waals surface area contributed by atoms with Crippen molar-refractivity contribution in [3.05, 3.63) is 25.0 Å². The molecule has 0 unspecified atom stereocenters. The molecule has 0 aliphatic carbocycles. The zero-order chi connectivity index (χ0) is 8.48. The van der Waals surface area contributed by atoms with Crippen LogP contribution in [0.15, 0.2) is 25.0 Å². The molecule has 60 valence electrons. The van der Waals surface area contributed by atoms with Gasteiger partial charge in [0, 0.05) is 6.32 Å². The summed E-state index contributed by atoms with van der Waals surface area (Å²) < 4.78 is 10.8. The van der Waals surface area contributed by atoms with Gasteiger partial charge in [0.05, 0.1) is 5.76 Å². The molecule has 2 nitrogen and oxygen atoms in total. The molecule has 0 aromatic rings. The van der Waals surface area contributed by atoms with Crippen LogP contribution in [0, 0.1) is 0 Å². The van der Waals surface area contributed by atoms with Crippen molar-refractivity contribution in [3.8, 4) is 0 Å². The Morgan fingerprint density at radius 3 is 2.64 bits per heavy atom. The Balaban J connectivity index is 2.57. The van der Waals surface area contributed by atoms with Gasteiger partial charge < -0.3 is 9.31 Å². The van der Waals surface area contributed by atoms with Crippen molar-refractivity contribution in [2.45, 2.75) is 25.8 Å². The van der Waals surface area contributed by atoms with Crippen LogP contribution in [0.2, 0.25) is 6.32 Å². The highest BCUT2D eigenvalue weighted by Gasteiger charge is 2.40. The van der Waals surface area contributed by atoms with Gasteiger partial charge in [0.2, 0.25) is 0 Å². The maximum atomic E-state index is 5.51. The molecular formula is C8H13BO2. The van der Waals surface area contributed by atoms with Crippen molar-refractivity contribution < 1.29 is 9.31 Å². The van der Waals surface area contributed by atoms with Gasteiger partial charge in [0.25, 0.3) is 0 Å². The molecule has 11 heavy (non-hydrogen) atoms. The molecule has 0 N–H and O–H groups in total. The van der Waals surface area contributed by atoms with Gasteiger partial charge in [0.15, 0.2) is 0 Å². The fourth-order valence-electron chi connectivity index (χ4n) is 0.951. The van der Waals surface area contributed by atoms with E-state index in [1.54, 1.807) is 6.08 Å². The second-order valence-corrected chi connectivity index (χ2v) is 3.12. The maximum absolute atomic E-state index is 5.51. The fourth-order valence-corrected chi connectivity index (χ4v) is 0.951. The first-order valence-corrected chi connectivity index (χ1v) is 3.71. The summed E-state index contributed by atoms with van der Waals surface area (Å²) in [6.07, 6.45) is 2.49. The normalized spacial score (nSPS) is 21.6. The number of hydrogen-bond acceptors (Lipinski definition) is 2. The van der Waals surface area contributed by atoms with Gasteiger partial charge in [-0.15, -0.1) is 6.58 Å². The van der Waals surface area contributed by atoms with Gasteiger partial charge in [-0.3, -0.25) is 0 Å². The molecule has 0 bridgehead atoms. The summed E-state index contributed by atoms with van der Waals surface area (Å²) in [6.45, 7) is 11.3. The van der Waals surface area contributed by atoms with Crippen molar-refractivity contribution in [1.29, 1.82) is 0 Å². The molecule has 1 saturated heterocycles. The Bertz CT molecular complexity index is 187. The van der Waals surface area contributed by atoms with Crippen LogP contribution < -0.4 is 0 Å². The Labute approximate surface area is 68.0 Å². The van der Waals surface area contributed by atoms with E-state index in [-0.39, 0.29) is 12.7 Å². The zero-order valence-corrected chi connectivity index (χ0v) is 7.09. The molecule has 1 rings (SSSR count). The quantitative estimate of drug-likeness (QED) is 0.445. The summed E-state index contributed by atoms with van der Waals surface area (Å²) in [5.41, 5.74) is -0.340. The molecule has 0 spiro atoms. The third kappa shape index (κ3) is 1.66. The summed E-state index contributed by atoms with van der Waals surface area (Å²) >= 11 is 0. The largest absolute Gasteiger partial charge is 0.537 e. The predicted octanol–water partition coefficient (Wildman–Crippen LogP) is 2.00. The number of hydrogen-bond donors (Lipinski definition) is 0. The molecule has 0 atom stereocenters. The average Bonchev–Trinajstić information content (AvgIpc) is 2.08. The van der Waals surface area contributed by atoms with Gasteiger partial charge in [-0.2, -0.15) is 0 Å². The van der Waals surface area contributed by atoms with E-state index in [4.69, 9.17) is 9.31 Å². The highest BCUT2D eigenvalue weighted by molar-refractivity contribution is 6.46. The lowest BCUT2D eigenvalue weighted by Crippen LogP contribution is -2.22. The standard InChI is InChI=1S/C8H13BO2/c1-5-6-9-10-7(2)8(3,4)11-9/h5H,1-2,6H2,3-4H3. The van der Waals surface area contributed by atoms with Crippen LogP contribution in [0.25, 0.3) is 0 Å². The van der Waals surface area contributed by atoms with E-state index >= 15 is 0 Å². The highest BCUT2D eigenvalue weighted by atomic mass is 16.7. The van der Waals surface area contributed by atoms with Crippen molar-refractivity contribution >= 4 is 7.12 Å². The fraction of sp³-hybridized carbons (Fsp3) is 0.500. The van der Waals surface area contributed by atoms with Gasteiger partial charge in [-0.25, -0.2) is 0 Å². The third-order valence-corrected chi connectivity index (χ3v) is 1.73. The summed E-state index contributed by atoms with van der Waals surface area (Å²) in [7, 11) is -0.185. The number of allylic oxidation sites excluding steroid dienone is 1. The van der Waals surface area contributed by atoms with Crippen molar-refractivity contribution in [1.82, 2.24) is 0 Å². The molecule has 0 saturated carbocycles. The van der Waals surface area contributed by atoms with E-state index in [0.29, 0.717) is 12.1 Å². The summed E-state index contributed by atoms with van der Waals surface area (Å²) in [5, 5.41) is 0. The second kappa shape index (κ2) is 2.74. The first-order valence-electron chi connectivity index (χ1n) is 3.71. The lowest BCUT2D eigenvalue weighted by molar-refractivity contribution is 0.170. The van der Waals surface area contributed by atoms with E-state index in [9.17, 15) is 0 Å². The van der Waals surface area contributed by atoms with Crippen LogP contribution in [0.5, 0.6) is 0 Å². The van der Waals surface area contributed by atoms with Crippen LogP contribution >= 0.6 is 0 Å². The first kappa shape index (κ1) is 8.40. The van der Waals surface area contributed by atoms with E-state index < -0.39 is 0 Å². The maximum Gasteiger partial charge on any atom is 0.529 e. The van der Waals surface area contributed by atoms with Crippen LogP contribution in [-0.2, 0) is 9.31 Å². The monoisotopic (exact) mass is 152 g/mol. The molecule has 1 aliphatic heterocycles.